The quantitative estimate of drug-likeness (QED) is 0.537. The number of hydrogen-bond acceptors (Lipinski definition) is 1. The van der Waals surface area contributed by atoms with E-state index in [-0.39, 0.29) is 0 Å². The second-order valence-electron chi connectivity index (χ2n) is 1.58. The molecule has 1 heterocycles. The average molecular weight is 126 g/mol. The number of aliphatic hydroxyl groups is 1. The van der Waals surface area contributed by atoms with Gasteiger partial charge in [-0.15, -0.1) is 0 Å². The van der Waals surface area contributed by atoms with E-state index in [4.69, 9.17) is 5.11 Å². The molecule has 0 aliphatic rings. The van der Waals surface area contributed by atoms with Crippen LogP contribution in [0.4, 0.5) is 0 Å². The summed E-state index contributed by atoms with van der Waals surface area (Å²) >= 11 is 0. The van der Waals surface area contributed by atoms with Gasteiger partial charge in [0.1, 0.15) is 0 Å². The van der Waals surface area contributed by atoms with Crippen molar-refractivity contribution in [3.63, 3.8) is 0 Å². The van der Waals surface area contributed by atoms with Crippen LogP contribution in [0.1, 0.15) is 5.56 Å². The Morgan fingerprint density at radius 1 is 1.22 bits per heavy atom. The minimum Gasteiger partial charge on any atom is -0.400 e. The normalized spacial score (nSPS) is 7.44. The van der Waals surface area contributed by atoms with E-state index in [1.165, 1.54) is 5.56 Å². The van der Waals surface area contributed by atoms with Gasteiger partial charge in [0.2, 0.25) is 0 Å². The van der Waals surface area contributed by atoms with Crippen molar-refractivity contribution in [3.05, 3.63) is 30.1 Å². The summed E-state index contributed by atoms with van der Waals surface area (Å²) in [6, 6.07) is 4.06. The lowest BCUT2D eigenvalue weighted by atomic mass is 10.3. The Labute approximate surface area is 55.2 Å². The summed E-state index contributed by atoms with van der Waals surface area (Å²) in [6.07, 6.45) is 3.82. The molecule has 0 atom stereocenters. The van der Waals surface area contributed by atoms with E-state index in [1.54, 1.807) is 0 Å². The molecule has 1 rings (SSSR count). The number of rotatable bonds is 0. The van der Waals surface area contributed by atoms with Crippen molar-refractivity contribution < 1.29 is 10.1 Å². The van der Waals surface area contributed by atoms with E-state index in [1.807, 2.05) is 24.5 Å². The molecule has 0 bridgehead atoms. The standard InChI is InChI=1S/C6H7N.CH4O/c1-6-2-4-7-5-3-6;1-2/h2-5H,1H3;2H,1H3/p+1. The number of nitrogens with one attached hydrogen (secondary N) is 1. The van der Waals surface area contributed by atoms with Crippen LogP contribution in [0.15, 0.2) is 24.5 Å². The number of hydrogen-bond donors (Lipinski definition) is 1. The number of aromatic amines is 1. The van der Waals surface area contributed by atoms with Gasteiger partial charge in [-0.25, -0.2) is 4.98 Å². The van der Waals surface area contributed by atoms with Crippen molar-refractivity contribution in [3.8, 4) is 0 Å². The molecule has 2 nitrogen and oxygen atoms in total. The fourth-order valence-corrected chi connectivity index (χ4v) is 0.470. The van der Waals surface area contributed by atoms with Gasteiger partial charge >= 0.3 is 0 Å². The van der Waals surface area contributed by atoms with Gasteiger partial charge in [0.25, 0.3) is 0 Å². The zero-order valence-electron chi connectivity index (χ0n) is 5.76. The van der Waals surface area contributed by atoms with Crippen LogP contribution in [-0.2, 0) is 0 Å². The molecule has 9 heavy (non-hydrogen) atoms. The van der Waals surface area contributed by atoms with E-state index in [0.29, 0.717) is 0 Å². The van der Waals surface area contributed by atoms with Crippen molar-refractivity contribution in [1.82, 2.24) is 0 Å². The van der Waals surface area contributed by atoms with Crippen molar-refractivity contribution in [2.24, 2.45) is 0 Å². The predicted molar refractivity (Wildman–Crippen MR) is 35.9 cm³/mol. The van der Waals surface area contributed by atoms with E-state index >= 15 is 0 Å². The zero-order valence-corrected chi connectivity index (χ0v) is 5.76. The molecule has 2 heteroatoms. The molecular weight excluding hydrogens is 114 g/mol. The second-order valence-corrected chi connectivity index (χ2v) is 1.58. The molecular formula is C7H12NO+. The predicted octanol–water partition coefficient (Wildman–Crippen LogP) is 0.418. The van der Waals surface area contributed by atoms with Gasteiger partial charge in [0.15, 0.2) is 12.4 Å². The molecule has 0 radical (unpaired) electrons. The highest BCUT2D eigenvalue weighted by molar-refractivity contribution is 5.02. The molecule has 1 aromatic rings. The van der Waals surface area contributed by atoms with Gasteiger partial charge in [0, 0.05) is 19.2 Å². The minimum absolute atomic E-state index is 1.00. The topological polar surface area (TPSA) is 34.4 Å². The van der Waals surface area contributed by atoms with Crippen LogP contribution in [0, 0.1) is 6.92 Å². The largest absolute Gasteiger partial charge is 0.400 e. The van der Waals surface area contributed by atoms with E-state index in [0.717, 1.165) is 7.11 Å². The Hall–Kier alpha value is -0.890. The Morgan fingerprint density at radius 2 is 1.67 bits per heavy atom. The number of H-pyrrole nitrogens is 1. The smallest absolute Gasteiger partial charge is 0.167 e. The molecule has 50 valence electrons. The first kappa shape index (κ1) is 8.11. The summed E-state index contributed by atoms with van der Waals surface area (Å²) in [6.45, 7) is 2.06. The molecule has 0 aromatic carbocycles. The fraction of sp³-hybridized carbons (Fsp3) is 0.286. The number of aromatic nitrogens is 1. The number of pyridine rings is 1. The SMILES string of the molecule is CO.Cc1cc[nH+]cc1. The maximum absolute atomic E-state index is 7.00. The molecule has 0 aliphatic carbocycles. The van der Waals surface area contributed by atoms with Crippen LogP contribution in [0.2, 0.25) is 0 Å². The van der Waals surface area contributed by atoms with Crippen LogP contribution in [0.3, 0.4) is 0 Å². The maximum Gasteiger partial charge on any atom is 0.167 e. The first-order valence-electron chi connectivity index (χ1n) is 2.77. The molecule has 0 aliphatic heterocycles. The van der Waals surface area contributed by atoms with Crippen molar-refractivity contribution in [1.29, 1.82) is 0 Å². The average Bonchev–Trinajstić information content (AvgIpc) is 1.94. The second kappa shape index (κ2) is 5.25. The molecule has 1 aromatic heterocycles. The van der Waals surface area contributed by atoms with Gasteiger partial charge in [0.05, 0.1) is 0 Å². The van der Waals surface area contributed by atoms with Gasteiger partial charge in [-0.05, 0) is 12.5 Å². The lowest BCUT2D eigenvalue weighted by Crippen LogP contribution is -1.95. The summed E-state index contributed by atoms with van der Waals surface area (Å²) in [4.78, 5) is 2.93. The first-order chi connectivity index (χ1) is 4.39. The molecule has 0 amide bonds. The van der Waals surface area contributed by atoms with Gasteiger partial charge in [-0.2, -0.15) is 0 Å². The minimum atomic E-state index is 1.00. The van der Waals surface area contributed by atoms with Crippen molar-refractivity contribution in [2.45, 2.75) is 6.92 Å². The molecule has 0 unspecified atom stereocenters. The summed E-state index contributed by atoms with van der Waals surface area (Å²) in [5.41, 5.74) is 1.29. The Balaban J connectivity index is 0.000000291. The van der Waals surface area contributed by atoms with Crippen molar-refractivity contribution in [2.75, 3.05) is 7.11 Å². The summed E-state index contributed by atoms with van der Waals surface area (Å²) in [5.74, 6) is 0. The molecule has 2 N–H and O–H groups in total. The van der Waals surface area contributed by atoms with Crippen LogP contribution in [0.5, 0.6) is 0 Å². The molecule has 0 fully saturated rings. The lowest BCUT2D eigenvalue weighted by Gasteiger charge is -1.77. The fourth-order valence-electron chi connectivity index (χ4n) is 0.470. The van der Waals surface area contributed by atoms with Crippen LogP contribution >= 0.6 is 0 Å². The van der Waals surface area contributed by atoms with Crippen LogP contribution in [-0.4, -0.2) is 12.2 Å². The summed E-state index contributed by atoms with van der Waals surface area (Å²) in [7, 11) is 1.00. The monoisotopic (exact) mass is 126 g/mol. The van der Waals surface area contributed by atoms with Gasteiger partial charge in [-0.3, -0.25) is 0 Å². The third-order valence-corrected chi connectivity index (χ3v) is 0.885. The van der Waals surface area contributed by atoms with Crippen molar-refractivity contribution >= 4 is 0 Å². The Morgan fingerprint density at radius 3 is 1.89 bits per heavy atom. The van der Waals surface area contributed by atoms with Gasteiger partial charge < -0.3 is 5.11 Å². The number of aliphatic hydroxyl groups excluding tert-OH is 1. The maximum atomic E-state index is 7.00. The zero-order chi connectivity index (χ0) is 7.11. The molecule has 0 saturated heterocycles. The molecule has 0 saturated carbocycles. The third-order valence-electron chi connectivity index (χ3n) is 0.885. The third kappa shape index (κ3) is 3.67. The van der Waals surface area contributed by atoms with Crippen LogP contribution < -0.4 is 4.98 Å². The summed E-state index contributed by atoms with van der Waals surface area (Å²) < 4.78 is 0. The highest BCUT2D eigenvalue weighted by Gasteiger charge is 1.78. The highest BCUT2D eigenvalue weighted by atomic mass is 16.2. The lowest BCUT2D eigenvalue weighted by molar-refractivity contribution is -0.378. The van der Waals surface area contributed by atoms with E-state index in [2.05, 4.69) is 11.9 Å². The van der Waals surface area contributed by atoms with E-state index in [9.17, 15) is 0 Å². The first-order valence-corrected chi connectivity index (χ1v) is 2.77. The highest BCUT2D eigenvalue weighted by Crippen LogP contribution is 1.86. The Bertz CT molecular complexity index is 139. The number of aryl methyl sites for hydroxylation is 1. The Kier molecular flexibility index (Phi) is 4.73. The van der Waals surface area contributed by atoms with E-state index < -0.39 is 0 Å². The summed E-state index contributed by atoms with van der Waals surface area (Å²) in [5, 5.41) is 7.00. The van der Waals surface area contributed by atoms with Gasteiger partial charge in [-0.1, -0.05) is 0 Å². The molecule has 0 spiro atoms. The van der Waals surface area contributed by atoms with Crippen LogP contribution in [0.25, 0.3) is 0 Å².